The van der Waals surface area contributed by atoms with Crippen LogP contribution in [0.15, 0.2) is 0 Å². The van der Waals surface area contributed by atoms with E-state index in [0.717, 1.165) is 25.7 Å². The standard InChI is InChI=1S/C12H23NO4S/c1-2-3-8-18(16,17)13-9-10-6-4-5-7-11(10)12(14)15/h10-11,13H,2-9H2,1H3,(H,14,15). The summed E-state index contributed by atoms with van der Waals surface area (Å²) in [4.78, 5) is 11.1. The summed E-state index contributed by atoms with van der Waals surface area (Å²) in [5.41, 5.74) is 0. The van der Waals surface area contributed by atoms with Gasteiger partial charge in [-0.25, -0.2) is 13.1 Å². The van der Waals surface area contributed by atoms with Crippen molar-refractivity contribution in [2.45, 2.75) is 45.4 Å². The van der Waals surface area contributed by atoms with E-state index < -0.39 is 21.9 Å². The summed E-state index contributed by atoms with van der Waals surface area (Å²) in [7, 11) is -3.24. The summed E-state index contributed by atoms with van der Waals surface area (Å²) in [6.45, 7) is 2.21. The number of carboxylic acid groups (broad SMARTS) is 1. The zero-order chi connectivity index (χ0) is 13.6. The molecule has 0 saturated heterocycles. The van der Waals surface area contributed by atoms with Crippen LogP contribution in [0.1, 0.15) is 45.4 Å². The second kappa shape index (κ2) is 7.09. The zero-order valence-electron chi connectivity index (χ0n) is 10.9. The van der Waals surface area contributed by atoms with Gasteiger partial charge < -0.3 is 5.11 Å². The number of rotatable bonds is 7. The number of nitrogens with one attached hydrogen (secondary N) is 1. The Kier molecular flexibility index (Phi) is 6.08. The Morgan fingerprint density at radius 3 is 2.61 bits per heavy atom. The first-order valence-electron chi connectivity index (χ1n) is 6.66. The van der Waals surface area contributed by atoms with Crippen LogP contribution in [-0.2, 0) is 14.8 Å². The second-order valence-electron chi connectivity index (χ2n) is 5.01. The number of unbranched alkanes of at least 4 members (excludes halogenated alkanes) is 1. The van der Waals surface area contributed by atoms with Crippen molar-refractivity contribution in [2.24, 2.45) is 11.8 Å². The molecule has 1 fully saturated rings. The van der Waals surface area contributed by atoms with Gasteiger partial charge >= 0.3 is 5.97 Å². The summed E-state index contributed by atoms with van der Waals surface area (Å²) in [5, 5.41) is 9.10. The molecular weight excluding hydrogens is 254 g/mol. The van der Waals surface area contributed by atoms with Crippen LogP contribution in [0.4, 0.5) is 0 Å². The molecule has 1 aliphatic rings. The maximum atomic E-state index is 11.7. The summed E-state index contributed by atoms with van der Waals surface area (Å²) in [6, 6.07) is 0. The number of sulfonamides is 1. The number of carbonyl (C=O) groups is 1. The van der Waals surface area contributed by atoms with Crippen molar-refractivity contribution in [3.8, 4) is 0 Å². The molecule has 0 spiro atoms. The van der Waals surface area contributed by atoms with Crippen molar-refractivity contribution in [1.29, 1.82) is 0 Å². The van der Waals surface area contributed by atoms with Gasteiger partial charge in [0.1, 0.15) is 0 Å². The van der Waals surface area contributed by atoms with Gasteiger partial charge in [0, 0.05) is 6.54 Å². The quantitative estimate of drug-likeness (QED) is 0.740. The summed E-state index contributed by atoms with van der Waals surface area (Å²) >= 11 is 0. The van der Waals surface area contributed by atoms with E-state index in [-0.39, 0.29) is 18.2 Å². The van der Waals surface area contributed by atoms with Crippen LogP contribution in [0, 0.1) is 11.8 Å². The molecule has 0 aromatic heterocycles. The predicted molar refractivity (Wildman–Crippen MR) is 69.8 cm³/mol. The van der Waals surface area contributed by atoms with Crippen LogP contribution in [0.3, 0.4) is 0 Å². The minimum absolute atomic E-state index is 0.0624. The highest BCUT2D eigenvalue weighted by atomic mass is 32.2. The lowest BCUT2D eigenvalue weighted by Gasteiger charge is -2.28. The van der Waals surface area contributed by atoms with Crippen LogP contribution in [-0.4, -0.2) is 31.8 Å². The van der Waals surface area contributed by atoms with Crippen molar-refractivity contribution in [2.75, 3.05) is 12.3 Å². The molecule has 0 aromatic rings. The fourth-order valence-corrected chi connectivity index (χ4v) is 3.70. The lowest BCUT2D eigenvalue weighted by Crippen LogP contribution is -2.38. The van der Waals surface area contributed by atoms with E-state index in [1.54, 1.807) is 0 Å². The van der Waals surface area contributed by atoms with Crippen molar-refractivity contribution in [1.82, 2.24) is 4.72 Å². The smallest absolute Gasteiger partial charge is 0.306 e. The predicted octanol–water partition coefficient (Wildman–Crippen LogP) is 1.60. The van der Waals surface area contributed by atoms with Crippen LogP contribution < -0.4 is 4.72 Å². The van der Waals surface area contributed by atoms with E-state index in [2.05, 4.69) is 4.72 Å². The average Bonchev–Trinajstić information content (AvgIpc) is 2.34. The molecule has 2 N–H and O–H groups in total. The van der Waals surface area contributed by atoms with E-state index in [4.69, 9.17) is 5.11 Å². The molecule has 5 nitrogen and oxygen atoms in total. The van der Waals surface area contributed by atoms with Crippen molar-refractivity contribution >= 4 is 16.0 Å². The molecular formula is C12H23NO4S. The van der Waals surface area contributed by atoms with Gasteiger partial charge in [0.05, 0.1) is 11.7 Å². The molecule has 0 aliphatic heterocycles. The lowest BCUT2D eigenvalue weighted by atomic mass is 9.79. The molecule has 0 bridgehead atoms. The van der Waals surface area contributed by atoms with Gasteiger partial charge in [0.25, 0.3) is 0 Å². The maximum absolute atomic E-state index is 11.7. The topological polar surface area (TPSA) is 83.5 Å². The van der Waals surface area contributed by atoms with Gasteiger partial charge in [-0.15, -0.1) is 0 Å². The number of hydrogen-bond donors (Lipinski definition) is 2. The normalized spacial score (nSPS) is 24.9. The van der Waals surface area contributed by atoms with Gasteiger partial charge in [0.15, 0.2) is 0 Å². The number of carboxylic acids is 1. The molecule has 2 unspecified atom stereocenters. The van der Waals surface area contributed by atoms with E-state index in [9.17, 15) is 13.2 Å². The van der Waals surface area contributed by atoms with Gasteiger partial charge in [-0.2, -0.15) is 0 Å². The van der Waals surface area contributed by atoms with Gasteiger partial charge in [-0.1, -0.05) is 26.2 Å². The first-order valence-corrected chi connectivity index (χ1v) is 8.31. The Morgan fingerprint density at radius 2 is 2.00 bits per heavy atom. The maximum Gasteiger partial charge on any atom is 0.306 e. The van der Waals surface area contributed by atoms with Crippen LogP contribution in [0.25, 0.3) is 0 Å². The molecule has 18 heavy (non-hydrogen) atoms. The molecule has 0 heterocycles. The first kappa shape index (κ1) is 15.4. The molecule has 1 saturated carbocycles. The van der Waals surface area contributed by atoms with Gasteiger partial charge in [0.2, 0.25) is 10.0 Å². The Hall–Kier alpha value is -0.620. The molecule has 1 aliphatic carbocycles. The molecule has 6 heteroatoms. The number of aliphatic carboxylic acids is 1. The van der Waals surface area contributed by atoms with E-state index >= 15 is 0 Å². The molecule has 0 amide bonds. The molecule has 2 atom stereocenters. The fraction of sp³-hybridized carbons (Fsp3) is 0.917. The number of hydrogen-bond acceptors (Lipinski definition) is 3. The molecule has 0 radical (unpaired) electrons. The third kappa shape index (κ3) is 4.94. The minimum atomic E-state index is -3.24. The highest BCUT2D eigenvalue weighted by molar-refractivity contribution is 7.89. The first-order chi connectivity index (χ1) is 8.46. The van der Waals surface area contributed by atoms with E-state index in [1.165, 1.54) is 0 Å². The summed E-state index contributed by atoms with van der Waals surface area (Å²) in [5.74, 6) is -1.12. The van der Waals surface area contributed by atoms with Crippen molar-refractivity contribution in [3.05, 3.63) is 0 Å². The average molecular weight is 277 g/mol. The SMILES string of the molecule is CCCCS(=O)(=O)NCC1CCCCC1C(=O)O. The highest BCUT2D eigenvalue weighted by Crippen LogP contribution is 2.29. The molecule has 0 aromatic carbocycles. The Bertz CT molecular complexity index is 366. The van der Waals surface area contributed by atoms with Crippen LogP contribution in [0.2, 0.25) is 0 Å². The summed E-state index contributed by atoms with van der Waals surface area (Å²) in [6.07, 6.45) is 4.86. The van der Waals surface area contributed by atoms with Crippen LogP contribution >= 0.6 is 0 Å². The van der Waals surface area contributed by atoms with E-state index in [1.807, 2.05) is 6.92 Å². The fourth-order valence-electron chi connectivity index (χ4n) is 2.42. The Balaban J connectivity index is 2.47. The largest absolute Gasteiger partial charge is 0.481 e. The van der Waals surface area contributed by atoms with Crippen molar-refractivity contribution < 1.29 is 18.3 Å². The zero-order valence-corrected chi connectivity index (χ0v) is 11.7. The molecule has 1 rings (SSSR count). The minimum Gasteiger partial charge on any atom is -0.481 e. The summed E-state index contributed by atoms with van der Waals surface area (Å²) < 4.78 is 25.9. The Morgan fingerprint density at radius 1 is 1.33 bits per heavy atom. The van der Waals surface area contributed by atoms with Crippen LogP contribution in [0.5, 0.6) is 0 Å². The highest BCUT2D eigenvalue weighted by Gasteiger charge is 2.31. The second-order valence-corrected chi connectivity index (χ2v) is 6.94. The third-order valence-electron chi connectivity index (χ3n) is 3.56. The lowest BCUT2D eigenvalue weighted by molar-refractivity contribution is -0.144. The van der Waals surface area contributed by atoms with Gasteiger partial charge in [-0.05, 0) is 25.2 Å². The van der Waals surface area contributed by atoms with Crippen molar-refractivity contribution in [3.63, 3.8) is 0 Å². The van der Waals surface area contributed by atoms with E-state index in [0.29, 0.717) is 12.8 Å². The monoisotopic (exact) mass is 277 g/mol. The van der Waals surface area contributed by atoms with Gasteiger partial charge in [-0.3, -0.25) is 4.79 Å². The molecule has 106 valence electrons. The third-order valence-corrected chi connectivity index (χ3v) is 4.99. The Labute approximate surface area is 109 Å².